The number of hydrogen-bond acceptors (Lipinski definition) is 2. The van der Waals surface area contributed by atoms with Crippen molar-refractivity contribution >= 4 is 15.9 Å². The van der Waals surface area contributed by atoms with E-state index in [0.29, 0.717) is 0 Å². The number of aromatic amines is 1. The van der Waals surface area contributed by atoms with E-state index in [9.17, 15) is 4.79 Å². The van der Waals surface area contributed by atoms with Gasteiger partial charge in [-0.15, -0.1) is 0 Å². The van der Waals surface area contributed by atoms with Crippen molar-refractivity contribution in [3.8, 4) is 11.4 Å². The van der Waals surface area contributed by atoms with Gasteiger partial charge in [-0.3, -0.25) is 4.79 Å². The van der Waals surface area contributed by atoms with Gasteiger partial charge in [0.1, 0.15) is 4.60 Å². The quantitative estimate of drug-likeness (QED) is 0.805. The van der Waals surface area contributed by atoms with Crippen LogP contribution in [0.3, 0.4) is 0 Å². The molecule has 76 valence electrons. The van der Waals surface area contributed by atoms with Crippen molar-refractivity contribution in [2.45, 2.75) is 6.92 Å². The molecule has 0 radical (unpaired) electrons. The highest BCUT2D eigenvalue weighted by Gasteiger charge is 2.01. The molecule has 1 N–H and O–H groups in total. The van der Waals surface area contributed by atoms with Crippen LogP contribution in [0, 0.1) is 6.92 Å². The Morgan fingerprint density at radius 3 is 2.80 bits per heavy atom. The number of H-pyrrole nitrogens is 1. The maximum Gasteiger partial charge on any atom is 0.182 e. The minimum absolute atomic E-state index is 0.0111. The van der Waals surface area contributed by atoms with Gasteiger partial charge in [-0.2, -0.15) is 0 Å². The van der Waals surface area contributed by atoms with Gasteiger partial charge in [0.05, 0.1) is 11.4 Å². The lowest BCUT2D eigenvalue weighted by Crippen LogP contribution is -2.02. The largest absolute Gasteiger partial charge is 0.357 e. The summed E-state index contributed by atoms with van der Waals surface area (Å²) in [5.74, 6) is 0. The van der Waals surface area contributed by atoms with Crippen molar-refractivity contribution in [3.05, 3.63) is 50.9 Å². The highest BCUT2D eigenvalue weighted by Crippen LogP contribution is 2.15. The predicted molar refractivity (Wildman–Crippen MR) is 62.7 cm³/mol. The Morgan fingerprint density at radius 1 is 1.33 bits per heavy atom. The van der Waals surface area contributed by atoms with Gasteiger partial charge in [0, 0.05) is 17.8 Å². The van der Waals surface area contributed by atoms with Crippen molar-refractivity contribution in [1.82, 2.24) is 9.97 Å². The van der Waals surface area contributed by atoms with Gasteiger partial charge in [0.2, 0.25) is 0 Å². The van der Waals surface area contributed by atoms with Crippen molar-refractivity contribution in [2.24, 2.45) is 0 Å². The average molecular weight is 265 g/mol. The molecular formula is C11H9BrN2O. The summed E-state index contributed by atoms with van der Waals surface area (Å²) in [5.41, 5.74) is 2.31. The molecule has 4 heteroatoms. The third-order valence-corrected chi connectivity index (χ3v) is 2.41. The number of rotatable bonds is 1. The Kier molecular flexibility index (Phi) is 2.68. The van der Waals surface area contributed by atoms with Gasteiger partial charge in [-0.1, -0.05) is 6.07 Å². The van der Waals surface area contributed by atoms with E-state index in [1.807, 2.05) is 25.1 Å². The molecule has 0 spiro atoms. The van der Waals surface area contributed by atoms with Crippen molar-refractivity contribution < 1.29 is 0 Å². The molecule has 0 aliphatic rings. The third kappa shape index (κ3) is 2.33. The van der Waals surface area contributed by atoms with Crippen molar-refractivity contribution in [1.29, 1.82) is 0 Å². The fraction of sp³-hybridized carbons (Fsp3) is 0.0909. The highest BCUT2D eigenvalue weighted by atomic mass is 79.9. The summed E-state index contributed by atoms with van der Waals surface area (Å²) in [5, 5.41) is 0. The summed E-state index contributed by atoms with van der Waals surface area (Å²) in [4.78, 5) is 18.7. The van der Waals surface area contributed by atoms with Crippen molar-refractivity contribution in [3.63, 3.8) is 0 Å². The van der Waals surface area contributed by atoms with E-state index in [-0.39, 0.29) is 5.43 Å². The van der Waals surface area contributed by atoms with Crippen molar-refractivity contribution in [2.75, 3.05) is 0 Å². The first-order valence-electron chi connectivity index (χ1n) is 4.49. The molecule has 2 rings (SSSR count). The van der Waals surface area contributed by atoms with E-state index < -0.39 is 0 Å². The summed E-state index contributed by atoms with van der Waals surface area (Å²) in [7, 11) is 0. The van der Waals surface area contributed by atoms with E-state index in [0.717, 1.165) is 21.7 Å². The van der Waals surface area contributed by atoms with E-state index in [2.05, 4.69) is 25.9 Å². The van der Waals surface area contributed by atoms with Gasteiger partial charge in [-0.05, 0) is 35.0 Å². The van der Waals surface area contributed by atoms with Crippen LogP contribution in [0.15, 0.2) is 39.7 Å². The number of nitrogens with one attached hydrogen (secondary N) is 1. The Hall–Kier alpha value is -1.42. The molecule has 0 fully saturated rings. The molecule has 0 saturated carbocycles. The molecule has 0 aromatic carbocycles. The zero-order valence-corrected chi connectivity index (χ0v) is 9.71. The van der Waals surface area contributed by atoms with Crippen LogP contribution in [0.1, 0.15) is 5.69 Å². The third-order valence-electron chi connectivity index (χ3n) is 1.97. The smallest absolute Gasteiger partial charge is 0.182 e. The Morgan fingerprint density at radius 2 is 2.13 bits per heavy atom. The first kappa shape index (κ1) is 10.1. The van der Waals surface area contributed by atoms with E-state index in [1.54, 1.807) is 12.1 Å². The van der Waals surface area contributed by atoms with Crippen LogP contribution in [-0.4, -0.2) is 9.97 Å². The number of hydrogen-bond donors (Lipinski definition) is 1. The average Bonchev–Trinajstić information content (AvgIpc) is 2.16. The summed E-state index contributed by atoms with van der Waals surface area (Å²) < 4.78 is 0.752. The molecule has 0 unspecified atom stereocenters. The molecule has 0 aliphatic carbocycles. The Bertz CT molecular complexity index is 548. The van der Waals surface area contributed by atoms with Crippen LogP contribution in [0.25, 0.3) is 11.4 Å². The summed E-state index contributed by atoms with van der Waals surface area (Å²) in [6, 6.07) is 8.68. The number of aryl methyl sites for hydroxylation is 1. The van der Waals surface area contributed by atoms with E-state index in [1.165, 1.54) is 0 Å². The zero-order chi connectivity index (χ0) is 10.8. The van der Waals surface area contributed by atoms with Crippen LogP contribution in [0.4, 0.5) is 0 Å². The van der Waals surface area contributed by atoms with Crippen LogP contribution in [0.2, 0.25) is 0 Å². The monoisotopic (exact) mass is 264 g/mol. The number of pyridine rings is 2. The maximum atomic E-state index is 11.3. The minimum atomic E-state index is -0.0111. The molecule has 0 bridgehead atoms. The standard InChI is InChI=1S/C11H9BrN2O/c1-7-5-8(15)6-10(13-7)9-3-2-4-11(12)14-9/h2-6H,1H3,(H,13,15). The fourth-order valence-corrected chi connectivity index (χ4v) is 1.72. The first-order chi connectivity index (χ1) is 7.15. The van der Waals surface area contributed by atoms with E-state index in [4.69, 9.17) is 0 Å². The normalized spacial score (nSPS) is 10.3. The van der Waals surface area contributed by atoms with Gasteiger partial charge in [-0.25, -0.2) is 4.98 Å². The lowest BCUT2D eigenvalue weighted by molar-refractivity contribution is 1.16. The fourth-order valence-electron chi connectivity index (χ4n) is 1.38. The zero-order valence-electron chi connectivity index (χ0n) is 8.12. The molecule has 15 heavy (non-hydrogen) atoms. The summed E-state index contributed by atoms with van der Waals surface area (Å²) in [6.07, 6.45) is 0. The topological polar surface area (TPSA) is 45.8 Å². The molecule has 0 saturated heterocycles. The highest BCUT2D eigenvalue weighted by molar-refractivity contribution is 9.10. The van der Waals surface area contributed by atoms with Crippen LogP contribution < -0.4 is 5.43 Å². The molecule has 0 amide bonds. The van der Waals surface area contributed by atoms with Gasteiger partial charge in [0.15, 0.2) is 5.43 Å². The lowest BCUT2D eigenvalue weighted by atomic mass is 10.2. The van der Waals surface area contributed by atoms with Gasteiger partial charge >= 0.3 is 0 Å². The molecule has 3 nitrogen and oxygen atoms in total. The van der Waals surface area contributed by atoms with Gasteiger partial charge < -0.3 is 4.98 Å². The predicted octanol–water partition coefficient (Wildman–Crippen LogP) is 2.51. The Labute approximate surface area is 95.3 Å². The lowest BCUT2D eigenvalue weighted by Gasteiger charge is -2.02. The molecule has 2 aromatic heterocycles. The summed E-state index contributed by atoms with van der Waals surface area (Å²) in [6.45, 7) is 1.85. The van der Waals surface area contributed by atoms with Crippen LogP contribution in [0.5, 0.6) is 0 Å². The first-order valence-corrected chi connectivity index (χ1v) is 5.28. The maximum absolute atomic E-state index is 11.3. The number of nitrogens with zero attached hydrogens (tertiary/aromatic N) is 1. The second-order valence-corrected chi connectivity index (χ2v) is 4.07. The number of aromatic nitrogens is 2. The molecule has 2 heterocycles. The molecular weight excluding hydrogens is 256 g/mol. The molecule has 0 aliphatic heterocycles. The second-order valence-electron chi connectivity index (χ2n) is 3.26. The molecule has 2 aromatic rings. The minimum Gasteiger partial charge on any atom is -0.357 e. The molecule has 0 atom stereocenters. The SMILES string of the molecule is Cc1cc(=O)cc(-c2cccc(Br)n2)[nH]1. The second kappa shape index (κ2) is 3.98. The summed E-state index contributed by atoms with van der Waals surface area (Å²) >= 11 is 3.29. The Balaban J connectivity index is 2.59. The van der Waals surface area contributed by atoms with Crippen LogP contribution in [-0.2, 0) is 0 Å². The van der Waals surface area contributed by atoms with Crippen LogP contribution >= 0.6 is 15.9 Å². The number of halogens is 1. The van der Waals surface area contributed by atoms with Gasteiger partial charge in [0.25, 0.3) is 0 Å². The van der Waals surface area contributed by atoms with E-state index >= 15 is 0 Å².